The predicted octanol–water partition coefficient (Wildman–Crippen LogP) is 3.59. The Labute approximate surface area is 69.0 Å². The van der Waals surface area contributed by atoms with Gasteiger partial charge in [-0.3, -0.25) is 0 Å². The van der Waals surface area contributed by atoms with Crippen LogP contribution in [0.4, 0.5) is 0 Å². The Morgan fingerprint density at radius 2 is 2.11 bits per heavy atom. The Morgan fingerprint density at radius 3 is 2.22 bits per heavy atom. The summed E-state index contributed by atoms with van der Waals surface area (Å²) in [5.41, 5.74) is 0.903. The minimum atomic E-state index is 0.600. The highest BCUT2D eigenvalue weighted by Gasteiger charge is 1.95. The molecule has 0 N–H and O–H groups in total. The molecule has 0 amide bonds. The summed E-state index contributed by atoms with van der Waals surface area (Å²) in [6, 6.07) is 0. The molecule has 0 aliphatic heterocycles. The van der Waals surface area contributed by atoms with Crippen molar-refractivity contribution in [3.05, 3.63) is 34.3 Å². The van der Waals surface area contributed by atoms with Gasteiger partial charge in [-0.05, 0) is 34.5 Å². The van der Waals surface area contributed by atoms with Crippen LogP contribution in [0, 0.1) is 0 Å². The molecular weight excluding hydrogens is 199 g/mol. The van der Waals surface area contributed by atoms with E-state index in [1.165, 1.54) is 0 Å². The van der Waals surface area contributed by atoms with Crippen molar-refractivity contribution in [2.75, 3.05) is 0 Å². The van der Waals surface area contributed by atoms with Crippen LogP contribution in [0.5, 0.6) is 0 Å². The zero-order valence-electron chi connectivity index (χ0n) is 5.25. The van der Waals surface area contributed by atoms with Crippen LogP contribution in [-0.2, 0) is 0 Å². The molecule has 9 heavy (non-hydrogen) atoms. The third-order valence-electron chi connectivity index (χ3n) is 0.764. The summed E-state index contributed by atoms with van der Waals surface area (Å²) in [6.07, 6.45) is 1.57. The molecule has 0 bridgehead atoms. The van der Waals surface area contributed by atoms with Gasteiger partial charge in [0.05, 0.1) is 5.03 Å². The molecule has 2 heteroatoms. The van der Waals surface area contributed by atoms with Gasteiger partial charge in [0.25, 0.3) is 0 Å². The van der Waals surface area contributed by atoms with Gasteiger partial charge in [-0.2, -0.15) is 0 Å². The summed E-state index contributed by atoms with van der Waals surface area (Å²) in [6.45, 7) is 9.06. The maximum Gasteiger partial charge on any atom is 0.0544 e. The second kappa shape index (κ2) is 3.91. The van der Waals surface area contributed by atoms with E-state index in [0.29, 0.717) is 5.03 Å². The zero-order chi connectivity index (χ0) is 7.44. The Hall–Kier alpha value is -0.0100. The van der Waals surface area contributed by atoms with E-state index in [1.807, 2.05) is 6.92 Å². The summed E-state index contributed by atoms with van der Waals surface area (Å²) < 4.78 is 0.819. The third kappa shape index (κ3) is 2.87. The SMILES string of the molecule is C=C/C(Cl)=C(/Br)C(=C)C. The number of allylic oxidation sites excluding steroid dienone is 4. The lowest BCUT2D eigenvalue weighted by atomic mass is 10.3. The van der Waals surface area contributed by atoms with Gasteiger partial charge in [0, 0.05) is 4.48 Å². The standard InChI is InChI=1S/C7H8BrCl/c1-4-6(9)7(8)5(2)3/h4H,1-2H2,3H3/b7-6-. The summed E-state index contributed by atoms with van der Waals surface area (Å²) in [7, 11) is 0. The van der Waals surface area contributed by atoms with E-state index in [2.05, 4.69) is 29.1 Å². The van der Waals surface area contributed by atoms with Gasteiger partial charge in [-0.1, -0.05) is 24.8 Å². The first-order valence-corrected chi connectivity index (χ1v) is 3.60. The maximum atomic E-state index is 5.66. The van der Waals surface area contributed by atoms with Crippen molar-refractivity contribution in [2.45, 2.75) is 6.92 Å². The van der Waals surface area contributed by atoms with Crippen LogP contribution < -0.4 is 0 Å². The van der Waals surface area contributed by atoms with Crippen LogP contribution in [0.1, 0.15) is 6.92 Å². The van der Waals surface area contributed by atoms with Crippen LogP contribution in [0.25, 0.3) is 0 Å². The molecule has 0 nitrogen and oxygen atoms in total. The van der Waals surface area contributed by atoms with Crippen LogP contribution in [-0.4, -0.2) is 0 Å². The van der Waals surface area contributed by atoms with Gasteiger partial charge in [-0.25, -0.2) is 0 Å². The topological polar surface area (TPSA) is 0 Å². The van der Waals surface area contributed by atoms with E-state index in [9.17, 15) is 0 Å². The summed E-state index contributed by atoms with van der Waals surface area (Å²) in [5.74, 6) is 0. The Bertz CT molecular complexity index is 168. The number of hydrogen-bond acceptors (Lipinski definition) is 0. The molecule has 0 aromatic rings. The van der Waals surface area contributed by atoms with Crippen molar-refractivity contribution in [1.29, 1.82) is 0 Å². The van der Waals surface area contributed by atoms with Crippen LogP contribution >= 0.6 is 27.5 Å². The first kappa shape index (κ1) is 8.99. The molecule has 0 aromatic carbocycles. The van der Waals surface area contributed by atoms with Crippen LogP contribution in [0.2, 0.25) is 0 Å². The number of halogens is 2. The average molecular weight is 207 g/mol. The fraction of sp³-hybridized carbons (Fsp3) is 0.143. The highest BCUT2D eigenvalue weighted by Crippen LogP contribution is 2.22. The van der Waals surface area contributed by atoms with Crippen molar-refractivity contribution in [3.63, 3.8) is 0 Å². The van der Waals surface area contributed by atoms with Crippen molar-refractivity contribution in [1.82, 2.24) is 0 Å². The van der Waals surface area contributed by atoms with Gasteiger partial charge in [0.15, 0.2) is 0 Å². The lowest BCUT2D eigenvalue weighted by Crippen LogP contribution is -1.73. The largest absolute Gasteiger partial charge is 0.0975 e. The minimum Gasteiger partial charge on any atom is -0.0975 e. The molecule has 0 saturated heterocycles. The first-order valence-electron chi connectivity index (χ1n) is 2.43. The highest BCUT2D eigenvalue weighted by molar-refractivity contribution is 9.12. The lowest BCUT2D eigenvalue weighted by molar-refractivity contribution is 1.53. The van der Waals surface area contributed by atoms with Crippen molar-refractivity contribution >= 4 is 27.5 Å². The molecular formula is C7H8BrCl. The second-order valence-electron chi connectivity index (χ2n) is 1.65. The van der Waals surface area contributed by atoms with Gasteiger partial charge < -0.3 is 0 Å². The molecule has 0 spiro atoms. The molecule has 0 saturated carbocycles. The summed E-state index contributed by atoms with van der Waals surface area (Å²) >= 11 is 8.91. The molecule has 0 aliphatic carbocycles. The molecule has 0 aliphatic rings. The number of hydrogen-bond donors (Lipinski definition) is 0. The van der Waals surface area contributed by atoms with E-state index in [-0.39, 0.29) is 0 Å². The molecule has 0 fully saturated rings. The fourth-order valence-electron chi connectivity index (χ4n) is 0.293. The molecule has 0 rings (SSSR count). The molecule has 0 aromatic heterocycles. The predicted molar refractivity (Wildman–Crippen MR) is 46.8 cm³/mol. The molecule has 0 heterocycles. The Balaban J connectivity index is 4.47. The molecule has 0 unspecified atom stereocenters. The monoisotopic (exact) mass is 206 g/mol. The minimum absolute atomic E-state index is 0.600. The van der Waals surface area contributed by atoms with Crippen LogP contribution in [0.3, 0.4) is 0 Å². The summed E-state index contributed by atoms with van der Waals surface area (Å²) in [4.78, 5) is 0. The second-order valence-corrected chi connectivity index (χ2v) is 2.85. The van der Waals surface area contributed by atoms with Crippen molar-refractivity contribution < 1.29 is 0 Å². The first-order chi connectivity index (χ1) is 4.09. The quantitative estimate of drug-likeness (QED) is 0.607. The van der Waals surface area contributed by atoms with Gasteiger partial charge in [-0.15, -0.1) is 0 Å². The molecule has 50 valence electrons. The molecule has 0 atom stereocenters. The van der Waals surface area contributed by atoms with E-state index < -0.39 is 0 Å². The van der Waals surface area contributed by atoms with E-state index in [1.54, 1.807) is 6.08 Å². The normalized spacial score (nSPS) is 12.3. The smallest absolute Gasteiger partial charge is 0.0544 e. The van der Waals surface area contributed by atoms with E-state index >= 15 is 0 Å². The Kier molecular flexibility index (Phi) is 3.91. The van der Waals surface area contributed by atoms with Gasteiger partial charge in [0.2, 0.25) is 0 Å². The zero-order valence-corrected chi connectivity index (χ0v) is 7.59. The average Bonchev–Trinajstić information content (AvgIpc) is 1.84. The van der Waals surface area contributed by atoms with Gasteiger partial charge in [0.1, 0.15) is 0 Å². The van der Waals surface area contributed by atoms with E-state index in [0.717, 1.165) is 10.1 Å². The van der Waals surface area contributed by atoms with Crippen molar-refractivity contribution in [2.24, 2.45) is 0 Å². The third-order valence-corrected chi connectivity index (χ3v) is 2.44. The van der Waals surface area contributed by atoms with Crippen LogP contribution in [0.15, 0.2) is 34.3 Å². The summed E-state index contributed by atoms with van der Waals surface area (Å²) in [5, 5.41) is 0.600. The lowest BCUT2D eigenvalue weighted by Gasteiger charge is -1.95. The van der Waals surface area contributed by atoms with Crippen molar-refractivity contribution in [3.8, 4) is 0 Å². The van der Waals surface area contributed by atoms with E-state index in [4.69, 9.17) is 11.6 Å². The maximum absolute atomic E-state index is 5.66. The fourth-order valence-corrected chi connectivity index (χ4v) is 0.617. The Morgan fingerprint density at radius 1 is 1.67 bits per heavy atom. The molecule has 0 radical (unpaired) electrons. The highest BCUT2D eigenvalue weighted by atomic mass is 79.9. The number of rotatable bonds is 2. The van der Waals surface area contributed by atoms with Gasteiger partial charge >= 0.3 is 0 Å².